The van der Waals surface area contributed by atoms with Gasteiger partial charge in [-0.25, -0.2) is 9.79 Å². The van der Waals surface area contributed by atoms with Gasteiger partial charge in [0.25, 0.3) is 5.91 Å². The summed E-state index contributed by atoms with van der Waals surface area (Å²) in [5.41, 5.74) is 3.62. The minimum Gasteiger partial charge on any atom is -0.493 e. The highest BCUT2D eigenvalue weighted by Gasteiger charge is 2.33. The number of aryl methyl sites for hydroxylation is 1. The van der Waals surface area contributed by atoms with Gasteiger partial charge in [-0.15, -0.1) is 0 Å². The van der Waals surface area contributed by atoms with Gasteiger partial charge in [-0.2, -0.15) is 0 Å². The zero-order valence-electron chi connectivity index (χ0n) is 19.3. The first-order chi connectivity index (χ1) is 16.9. The molecule has 3 aromatic rings. The van der Waals surface area contributed by atoms with Crippen LogP contribution < -0.4 is 9.47 Å². The van der Waals surface area contributed by atoms with Crippen molar-refractivity contribution in [3.05, 3.63) is 94.4 Å². The Kier molecular flexibility index (Phi) is 7.52. The Balaban J connectivity index is 1.65. The molecule has 3 aromatic carbocycles. The molecule has 8 heteroatoms. The van der Waals surface area contributed by atoms with E-state index >= 15 is 0 Å². The molecule has 1 fully saturated rings. The van der Waals surface area contributed by atoms with Gasteiger partial charge in [-0.3, -0.25) is 9.69 Å². The monoisotopic (exact) mass is 488 g/mol. The first-order valence-corrected chi connectivity index (χ1v) is 11.7. The molecule has 4 rings (SSSR count). The molecule has 0 aliphatic carbocycles. The van der Waals surface area contributed by atoms with Crippen LogP contribution >= 0.6 is 11.8 Å². The van der Waals surface area contributed by atoms with Crippen molar-refractivity contribution in [2.45, 2.75) is 13.5 Å². The summed E-state index contributed by atoms with van der Waals surface area (Å²) >= 11 is 1.31. The van der Waals surface area contributed by atoms with Crippen LogP contribution in [0.1, 0.15) is 16.7 Å². The Bertz CT molecular complexity index is 1290. The van der Waals surface area contributed by atoms with E-state index < -0.39 is 12.6 Å². The van der Waals surface area contributed by atoms with E-state index in [1.807, 2.05) is 61.5 Å². The molecule has 0 atom stereocenters. The molecule has 0 saturated carbocycles. The Morgan fingerprint density at radius 2 is 1.80 bits per heavy atom. The lowest BCUT2D eigenvalue weighted by Gasteiger charge is -2.15. The summed E-state index contributed by atoms with van der Waals surface area (Å²) in [5, 5.41) is 9.45. The summed E-state index contributed by atoms with van der Waals surface area (Å²) in [7, 11) is 1.48. The van der Waals surface area contributed by atoms with Gasteiger partial charge < -0.3 is 14.6 Å². The second-order valence-corrected chi connectivity index (χ2v) is 8.82. The molecular formula is C27H24N2O5S. The zero-order chi connectivity index (χ0) is 24.8. The summed E-state index contributed by atoms with van der Waals surface area (Å²) in [4.78, 5) is 31.2. The minimum atomic E-state index is -1.08. The van der Waals surface area contributed by atoms with Crippen LogP contribution in [0.4, 0.5) is 5.69 Å². The number of carbonyl (C=O) groups is 2. The van der Waals surface area contributed by atoms with E-state index in [0.29, 0.717) is 28.1 Å². The number of methoxy groups -OCH3 is 1. The number of aliphatic carboxylic acids is 1. The Labute approximate surface area is 207 Å². The minimum absolute atomic E-state index is 0.144. The van der Waals surface area contributed by atoms with Crippen molar-refractivity contribution in [2.75, 3.05) is 13.7 Å². The number of benzene rings is 3. The van der Waals surface area contributed by atoms with Crippen molar-refractivity contribution < 1.29 is 24.2 Å². The highest BCUT2D eigenvalue weighted by molar-refractivity contribution is 8.18. The van der Waals surface area contributed by atoms with Gasteiger partial charge in [0, 0.05) is 0 Å². The molecule has 0 spiro atoms. The van der Waals surface area contributed by atoms with Crippen molar-refractivity contribution in [1.29, 1.82) is 0 Å². The van der Waals surface area contributed by atoms with E-state index in [-0.39, 0.29) is 5.91 Å². The average Bonchev–Trinajstić information content (AvgIpc) is 3.13. The van der Waals surface area contributed by atoms with Crippen molar-refractivity contribution in [2.24, 2.45) is 4.99 Å². The third-order valence-corrected chi connectivity index (χ3v) is 6.17. The summed E-state index contributed by atoms with van der Waals surface area (Å²) in [6.45, 7) is 1.94. The Morgan fingerprint density at radius 1 is 1.06 bits per heavy atom. The van der Waals surface area contributed by atoms with E-state index in [1.165, 1.54) is 18.9 Å². The van der Waals surface area contributed by atoms with Crippen LogP contribution in [0.3, 0.4) is 0 Å². The fourth-order valence-corrected chi connectivity index (χ4v) is 4.41. The first-order valence-electron chi connectivity index (χ1n) is 10.9. The van der Waals surface area contributed by atoms with E-state index in [1.54, 1.807) is 29.2 Å². The average molecular weight is 489 g/mol. The number of thioether (sulfide) groups is 1. The maximum absolute atomic E-state index is 13.4. The molecular weight excluding hydrogens is 464 g/mol. The summed E-state index contributed by atoms with van der Waals surface area (Å²) in [6, 6.07) is 22.7. The predicted molar refractivity (Wildman–Crippen MR) is 137 cm³/mol. The van der Waals surface area contributed by atoms with Crippen LogP contribution in [-0.2, 0) is 16.1 Å². The fourth-order valence-electron chi connectivity index (χ4n) is 3.41. The van der Waals surface area contributed by atoms with Crippen molar-refractivity contribution in [3.63, 3.8) is 0 Å². The smallest absolute Gasteiger partial charge is 0.341 e. The number of rotatable bonds is 8. The lowest BCUT2D eigenvalue weighted by molar-refractivity contribution is -0.139. The zero-order valence-corrected chi connectivity index (χ0v) is 20.1. The number of ether oxygens (including phenoxy) is 2. The van der Waals surface area contributed by atoms with Gasteiger partial charge in [0.1, 0.15) is 0 Å². The summed E-state index contributed by atoms with van der Waals surface area (Å²) in [6.07, 6.45) is 1.77. The topological polar surface area (TPSA) is 88.4 Å². The second kappa shape index (κ2) is 10.9. The molecule has 7 nitrogen and oxygen atoms in total. The number of hydrogen-bond acceptors (Lipinski definition) is 6. The quantitative estimate of drug-likeness (QED) is 0.435. The van der Waals surface area contributed by atoms with Gasteiger partial charge in [0.2, 0.25) is 0 Å². The second-order valence-electron chi connectivity index (χ2n) is 7.81. The number of nitrogens with zero attached hydrogens (tertiary/aromatic N) is 2. The van der Waals surface area contributed by atoms with E-state index in [4.69, 9.17) is 19.6 Å². The number of aliphatic imine (C=N–C) groups is 1. The van der Waals surface area contributed by atoms with Gasteiger partial charge in [0.15, 0.2) is 23.3 Å². The van der Waals surface area contributed by atoms with Gasteiger partial charge in [0.05, 0.1) is 24.2 Å². The van der Waals surface area contributed by atoms with Crippen LogP contribution in [0, 0.1) is 6.92 Å². The number of carbonyl (C=O) groups excluding carboxylic acids is 1. The van der Waals surface area contributed by atoms with Crippen LogP contribution in [0.2, 0.25) is 0 Å². The van der Waals surface area contributed by atoms with Crippen molar-refractivity contribution in [3.8, 4) is 11.5 Å². The van der Waals surface area contributed by atoms with E-state index in [2.05, 4.69) is 0 Å². The molecule has 0 aromatic heterocycles. The molecule has 0 radical (unpaired) electrons. The Hall–Kier alpha value is -4.04. The molecule has 0 unspecified atom stereocenters. The fraction of sp³-hybridized carbons (Fsp3) is 0.148. The third-order valence-electron chi connectivity index (χ3n) is 5.17. The largest absolute Gasteiger partial charge is 0.493 e. The maximum atomic E-state index is 13.4. The SMILES string of the molecule is COc1cc(/C=C2/SC(=Nc3ccc(C)cc3)N(Cc3ccccc3)C2=O)ccc1OCC(=O)O. The number of carboxylic acids is 1. The van der Waals surface area contributed by atoms with Gasteiger partial charge in [-0.05, 0) is 60.2 Å². The highest BCUT2D eigenvalue weighted by atomic mass is 32.2. The van der Waals surface area contributed by atoms with Gasteiger partial charge in [-0.1, -0.05) is 54.1 Å². The van der Waals surface area contributed by atoms with Crippen LogP contribution in [0.15, 0.2) is 82.7 Å². The van der Waals surface area contributed by atoms with Crippen molar-refractivity contribution >= 4 is 40.6 Å². The number of hydrogen-bond donors (Lipinski definition) is 1. The molecule has 178 valence electrons. The van der Waals surface area contributed by atoms with Crippen LogP contribution in [-0.4, -0.2) is 40.8 Å². The van der Waals surface area contributed by atoms with Crippen LogP contribution in [0.25, 0.3) is 6.08 Å². The molecule has 1 aliphatic heterocycles. The molecule has 1 amide bonds. The Morgan fingerprint density at radius 3 is 2.49 bits per heavy atom. The molecule has 1 aliphatic rings. The molecule has 1 N–H and O–H groups in total. The third kappa shape index (κ3) is 6.10. The lowest BCUT2D eigenvalue weighted by Crippen LogP contribution is -2.28. The van der Waals surface area contributed by atoms with Crippen molar-refractivity contribution in [1.82, 2.24) is 4.90 Å². The molecule has 35 heavy (non-hydrogen) atoms. The molecule has 1 heterocycles. The van der Waals surface area contributed by atoms with Gasteiger partial charge >= 0.3 is 5.97 Å². The highest BCUT2D eigenvalue weighted by Crippen LogP contribution is 2.36. The van der Waals surface area contributed by atoms with E-state index in [0.717, 1.165) is 22.4 Å². The number of carboxylic acid groups (broad SMARTS) is 1. The lowest BCUT2D eigenvalue weighted by atomic mass is 10.1. The standard InChI is InChI=1S/C27H24N2O5S/c1-18-8-11-21(12-9-18)28-27-29(16-19-6-4-3-5-7-19)26(32)24(35-27)15-20-10-13-22(23(14-20)33-2)34-17-25(30)31/h3-15H,16-17H2,1-2H3,(H,30,31)/b24-15+,28-27?. The normalized spacial score (nSPS) is 15.6. The maximum Gasteiger partial charge on any atom is 0.341 e. The molecule has 1 saturated heterocycles. The summed E-state index contributed by atoms with van der Waals surface area (Å²) < 4.78 is 10.6. The predicted octanol–water partition coefficient (Wildman–Crippen LogP) is 5.27. The number of amides is 1. The van der Waals surface area contributed by atoms with E-state index in [9.17, 15) is 9.59 Å². The van der Waals surface area contributed by atoms with Crippen LogP contribution in [0.5, 0.6) is 11.5 Å². The number of amidine groups is 1. The first kappa shape index (κ1) is 24.1. The molecule has 0 bridgehead atoms. The summed E-state index contributed by atoms with van der Waals surface area (Å²) in [5.74, 6) is -0.527.